The zero-order valence-corrected chi connectivity index (χ0v) is 14.3. The van der Waals surface area contributed by atoms with Crippen LogP contribution in [0.3, 0.4) is 0 Å². The Hall–Kier alpha value is -2.74. The number of rotatable bonds is 6. The van der Waals surface area contributed by atoms with E-state index in [1.54, 1.807) is 13.0 Å². The van der Waals surface area contributed by atoms with Crippen LogP contribution in [0.1, 0.15) is 12.5 Å². The van der Waals surface area contributed by atoms with Gasteiger partial charge in [0.25, 0.3) is 5.91 Å². The molecule has 0 heterocycles. The molecule has 24 heavy (non-hydrogen) atoms. The predicted octanol–water partition coefficient (Wildman–Crippen LogP) is 3.28. The van der Waals surface area contributed by atoms with E-state index in [0.717, 1.165) is 10.0 Å². The Morgan fingerprint density at radius 1 is 1.25 bits per heavy atom. The van der Waals surface area contributed by atoms with Gasteiger partial charge in [-0.1, -0.05) is 40.2 Å². The third-order valence-electron chi connectivity index (χ3n) is 3.03. The van der Waals surface area contributed by atoms with Crippen molar-refractivity contribution in [2.45, 2.75) is 6.92 Å². The lowest BCUT2D eigenvalue weighted by Gasteiger charge is -2.06. The van der Waals surface area contributed by atoms with Crippen molar-refractivity contribution in [2.24, 2.45) is 5.10 Å². The monoisotopic (exact) mass is 391 g/mol. The Morgan fingerprint density at radius 3 is 2.58 bits per heavy atom. The minimum absolute atomic E-state index is 0.0336. The molecule has 0 saturated heterocycles. The van der Waals surface area contributed by atoms with Gasteiger partial charge in [-0.2, -0.15) is 5.10 Å². The topological polar surface area (TPSA) is 93.8 Å². The third kappa shape index (κ3) is 4.88. The summed E-state index contributed by atoms with van der Waals surface area (Å²) in [5, 5.41) is 14.8. The van der Waals surface area contributed by atoms with Gasteiger partial charge in [0.05, 0.1) is 10.6 Å². The van der Waals surface area contributed by atoms with Crippen molar-refractivity contribution in [3.63, 3.8) is 0 Å². The fourth-order valence-corrected chi connectivity index (χ4v) is 2.07. The van der Waals surface area contributed by atoms with E-state index < -0.39 is 10.8 Å². The first kappa shape index (κ1) is 17.6. The number of nitrogens with one attached hydrogen (secondary N) is 1. The molecule has 1 amide bonds. The van der Waals surface area contributed by atoms with E-state index in [0.29, 0.717) is 5.71 Å². The number of hydrazone groups is 1. The SMILES string of the molecule is CC(=NNC(=O)COc1ccccc1[N+](=O)[O-])c1ccc(Br)cc1. The molecule has 0 aliphatic rings. The number of ether oxygens (including phenoxy) is 1. The van der Waals surface area contributed by atoms with Crippen molar-refractivity contribution < 1.29 is 14.5 Å². The molecule has 7 nitrogen and oxygen atoms in total. The lowest BCUT2D eigenvalue weighted by molar-refractivity contribution is -0.385. The lowest BCUT2D eigenvalue weighted by Crippen LogP contribution is -2.25. The van der Waals surface area contributed by atoms with E-state index >= 15 is 0 Å². The Morgan fingerprint density at radius 2 is 1.92 bits per heavy atom. The van der Waals surface area contributed by atoms with Gasteiger partial charge < -0.3 is 4.74 Å². The maximum atomic E-state index is 11.8. The summed E-state index contributed by atoms with van der Waals surface area (Å²) < 4.78 is 6.13. The normalized spacial score (nSPS) is 11.0. The second-order valence-electron chi connectivity index (χ2n) is 4.75. The van der Waals surface area contributed by atoms with Crippen LogP contribution in [0.15, 0.2) is 58.1 Å². The molecule has 2 aromatic rings. The fraction of sp³-hybridized carbons (Fsp3) is 0.125. The number of benzene rings is 2. The van der Waals surface area contributed by atoms with Crippen molar-refractivity contribution >= 4 is 33.2 Å². The predicted molar refractivity (Wildman–Crippen MR) is 93.1 cm³/mol. The number of nitrogens with zero attached hydrogens (tertiary/aromatic N) is 2. The molecule has 0 aromatic heterocycles. The van der Waals surface area contributed by atoms with E-state index in [1.165, 1.54) is 18.2 Å². The molecule has 8 heteroatoms. The van der Waals surface area contributed by atoms with Crippen molar-refractivity contribution in [2.75, 3.05) is 6.61 Å². The Balaban J connectivity index is 1.93. The summed E-state index contributed by atoms with van der Waals surface area (Å²) in [6.45, 7) is 1.38. The molecule has 0 spiro atoms. The number of halogens is 1. The smallest absolute Gasteiger partial charge is 0.310 e. The summed E-state index contributed by atoms with van der Waals surface area (Å²) in [6.07, 6.45) is 0. The van der Waals surface area contributed by atoms with Gasteiger partial charge in [-0.05, 0) is 30.7 Å². The number of para-hydroxylation sites is 2. The molecule has 0 radical (unpaired) electrons. The van der Waals surface area contributed by atoms with Crippen LogP contribution in [0.2, 0.25) is 0 Å². The quantitative estimate of drug-likeness (QED) is 0.464. The molecular formula is C16H14BrN3O4. The standard InChI is InChI=1S/C16H14BrN3O4/c1-11(12-6-8-13(17)9-7-12)18-19-16(21)10-24-15-5-3-2-4-14(15)20(22)23/h2-9H,10H2,1H3,(H,19,21). The molecule has 2 aromatic carbocycles. The van der Waals surface area contributed by atoms with Crippen molar-refractivity contribution in [3.05, 3.63) is 68.7 Å². The highest BCUT2D eigenvalue weighted by Crippen LogP contribution is 2.25. The second kappa shape index (κ2) is 8.21. The van der Waals surface area contributed by atoms with Crippen LogP contribution in [-0.4, -0.2) is 23.1 Å². The molecule has 0 unspecified atom stereocenters. The van der Waals surface area contributed by atoms with Crippen molar-refractivity contribution in [1.82, 2.24) is 5.43 Å². The largest absolute Gasteiger partial charge is 0.477 e. The van der Waals surface area contributed by atoms with E-state index in [1.807, 2.05) is 24.3 Å². The number of carbonyl (C=O) groups excluding carboxylic acids is 1. The molecule has 0 bridgehead atoms. The maximum absolute atomic E-state index is 11.8. The number of carbonyl (C=O) groups is 1. The maximum Gasteiger partial charge on any atom is 0.310 e. The van der Waals surface area contributed by atoms with Gasteiger partial charge >= 0.3 is 5.69 Å². The third-order valence-corrected chi connectivity index (χ3v) is 3.56. The van der Waals surface area contributed by atoms with Crippen LogP contribution in [-0.2, 0) is 4.79 Å². The summed E-state index contributed by atoms with van der Waals surface area (Å²) in [6, 6.07) is 13.3. The Labute approximate surface area is 146 Å². The first-order chi connectivity index (χ1) is 11.5. The van der Waals surface area contributed by atoms with Gasteiger partial charge in [-0.3, -0.25) is 14.9 Å². The van der Waals surface area contributed by atoms with Gasteiger partial charge in [0.15, 0.2) is 12.4 Å². The second-order valence-corrected chi connectivity index (χ2v) is 5.67. The highest BCUT2D eigenvalue weighted by atomic mass is 79.9. The summed E-state index contributed by atoms with van der Waals surface area (Å²) >= 11 is 3.34. The number of nitro benzene ring substituents is 1. The Kier molecular flexibility index (Phi) is 6.02. The van der Waals surface area contributed by atoms with E-state index in [-0.39, 0.29) is 18.0 Å². The summed E-state index contributed by atoms with van der Waals surface area (Å²) in [5.74, 6) is -0.476. The van der Waals surface area contributed by atoms with Gasteiger partial charge in [-0.15, -0.1) is 0 Å². The zero-order valence-electron chi connectivity index (χ0n) is 12.7. The number of hydrogen-bond donors (Lipinski definition) is 1. The van der Waals surface area contributed by atoms with E-state index in [2.05, 4.69) is 26.5 Å². The first-order valence-corrected chi connectivity index (χ1v) is 7.72. The molecule has 1 N–H and O–H groups in total. The molecule has 0 aliphatic carbocycles. The summed E-state index contributed by atoms with van der Waals surface area (Å²) in [5.41, 5.74) is 3.65. The fourth-order valence-electron chi connectivity index (χ4n) is 1.81. The van der Waals surface area contributed by atoms with Crippen LogP contribution in [0.5, 0.6) is 5.75 Å². The van der Waals surface area contributed by atoms with Gasteiger partial charge in [0, 0.05) is 10.5 Å². The van der Waals surface area contributed by atoms with Crippen LogP contribution in [0, 0.1) is 10.1 Å². The summed E-state index contributed by atoms with van der Waals surface area (Å²) in [7, 11) is 0. The average Bonchev–Trinajstić information content (AvgIpc) is 2.58. The van der Waals surface area contributed by atoms with Crippen LogP contribution in [0.25, 0.3) is 0 Å². The van der Waals surface area contributed by atoms with E-state index in [4.69, 9.17) is 4.74 Å². The van der Waals surface area contributed by atoms with Crippen LogP contribution >= 0.6 is 15.9 Å². The molecule has 0 aliphatic heterocycles. The molecule has 2 rings (SSSR count). The Bertz CT molecular complexity index is 775. The van der Waals surface area contributed by atoms with E-state index in [9.17, 15) is 14.9 Å². The number of nitro groups is 1. The van der Waals surface area contributed by atoms with Crippen LogP contribution < -0.4 is 10.2 Å². The van der Waals surface area contributed by atoms with Gasteiger partial charge in [0.2, 0.25) is 0 Å². The minimum Gasteiger partial charge on any atom is -0.477 e. The van der Waals surface area contributed by atoms with Crippen molar-refractivity contribution in [1.29, 1.82) is 0 Å². The molecular weight excluding hydrogens is 378 g/mol. The average molecular weight is 392 g/mol. The zero-order chi connectivity index (χ0) is 17.5. The van der Waals surface area contributed by atoms with Gasteiger partial charge in [0.1, 0.15) is 0 Å². The van der Waals surface area contributed by atoms with Gasteiger partial charge in [-0.25, -0.2) is 5.43 Å². The lowest BCUT2D eigenvalue weighted by atomic mass is 10.1. The number of amides is 1. The van der Waals surface area contributed by atoms with Crippen LogP contribution in [0.4, 0.5) is 5.69 Å². The number of hydrogen-bond acceptors (Lipinski definition) is 5. The highest BCUT2D eigenvalue weighted by molar-refractivity contribution is 9.10. The molecule has 124 valence electrons. The first-order valence-electron chi connectivity index (χ1n) is 6.92. The molecule has 0 atom stereocenters. The van der Waals surface area contributed by atoms with Crippen molar-refractivity contribution in [3.8, 4) is 5.75 Å². The minimum atomic E-state index is -0.566. The highest BCUT2D eigenvalue weighted by Gasteiger charge is 2.14. The molecule has 0 fully saturated rings. The molecule has 0 saturated carbocycles. The summed E-state index contributed by atoms with van der Waals surface area (Å²) in [4.78, 5) is 22.1.